The number of benzene rings is 1. The molecule has 2 atom stereocenters. The molecule has 24 heavy (non-hydrogen) atoms. The topological polar surface area (TPSA) is 79.9 Å². The zero-order valence-electron chi connectivity index (χ0n) is 13.8. The number of carbonyl (C=O) groups excluding carboxylic acids is 1. The van der Waals surface area contributed by atoms with Crippen molar-refractivity contribution in [3.63, 3.8) is 0 Å². The molecule has 2 N–H and O–H groups in total. The molecule has 7 heteroatoms. The number of H-pyrrole nitrogens is 1. The summed E-state index contributed by atoms with van der Waals surface area (Å²) in [4.78, 5) is 16.4. The van der Waals surface area contributed by atoms with Crippen molar-refractivity contribution in [2.45, 2.75) is 32.8 Å². The minimum absolute atomic E-state index is 0.0333. The van der Waals surface area contributed by atoms with Gasteiger partial charge in [0, 0.05) is 19.1 Å². The Morgan fingerprint density at radius 3 is 3.04 bits per heavy atom. The Morgan fingerprint density at radius 1 is 1.46 bits per heavy atom. The second-order valence-corrected chi connectivity index (χ2v) is 6.19. The largest absolute Gasteiger partial charge is 0.370 e. The van der Waals surface area contributed by atoms with E-state index in [1.165, 1.54) is 6.07 Å². The fourth-order valence-electron chi connectivity index (χ4n) is 2.93. The highest BCUT2D eigenvalue weighted by Crippen LogP contribution is 2.32. The molecule has 0 saturated carbocycles. The number of halogens is 1. The van der Waals surface area contributed by atoms with Gasteiger partial charge in [0.1, 0.15) is 17.7 Å². The molecule has 2 heterocycles. The molecular formula is C17H21FN4O2. The van der Waals surface area contributed by atoms with Gasteiger partial charge < -0.3 is 10.1 Å². The summed E-state index contributed by atoms with van der Waals surface area (Å²) in [5.41, 5.74) is 1.35. The van der Waals surface area contributed by atoms with E-state index >= 15 is 0 Å². The van der Waals surface area contributed by atoms with Gasteiger partial charge in [-0.05, 0) is 31.9 Å². The van der Waals surface area contributed by atoms with Crippen molar-refractivity contribution in [3.05, 3.63) is 46.8 Å². The van der Waals surface area contributed by atoms with Crippen LogP contribution in [-0.4, -0.2) is 34.2 Å². The summed E-state index contributed by atoms with van der Waals surface area (Å²) in [6, 6.07) is 4.78. The van der Waals surface area contributed by atoms with Crippen LogP contribution in [0.1, 0.15) is 35.3 Å². The Hall–Kier alpha value is -2.28. The molecule has 128 valence electrons. The number of amides is 1. The third kappa shape index (κ3) is 3.79. The number of carbonyl (C=O) groups is 1. The van der Waals surface area contributed by atoms with Gasteiger partial charge >= 0.3 is 0 Å². The highest BCUT2D eigenvalue weighted by molar-refractivity contribution is 5.78. The third-order valence-electron chi connectivity index (χ3n) is 4.20. The number of rotatable bonds is 5. The van der Waals surface area contributed by atoms with Crippen molar-refractivity contribution < 1.29 is 13.9 Å². The summed E-state index contributed by atoms with van der Waals surface area (Å²) in [7, 11) is 0. The summed E-state index contributed by atoms with van der Waals surface area (Å²) < 4.78 is 19.4. The smallest absolute Gasteiger partial charge is 0.224 e. The van der Waals surface area contributed by atoms with E-state index in [2.05, 4.69) is 20.5 Å². The maximum absolute atomic E-state index is 13.7. The quantitative estimate of drug-likeness (QED) is 0.878. The van der Waals surface area contributed by atoms with Crippen molar-refractivity contribution in [1.82, 2.24) is 20.5 Å². The lowest BCUT2D eigenvalue weighted by atomic mass is 10.0. The molecule has 2 aromatic rings. The summed E-state index contributed by atoms with van der Waals surface area (Å²) in [5, 5.41) is 9.82. The lowest BCUT2D eigenvalue weighted by Crippen LogP contribution is -2.32. The van der Waals surface area contributed by atoms with Crippen molar-refractivity contribution in [2.24, 2.45) is 5.92 Å². The maximum Gasteiger partial charge on any atom is 0.224 e. The van der Waals surface area contributed by atoms with E-state index in [0.29, 0.717) is 24.5 Å². The van der Waals surface area contributed by atoms with E-state index in [4.69, 9.17) is 4.74 Å². The molecule has 1 aliphatic rings. The highest BCUT2D eigenvalue weighted by Gasteiger charge is 2.32. The molecule has 1 fully saturated rings. The predicted molar refractivity (Wildman–Crippen MR) is 85.8 cm³/mol. The Bertz CT molecular complexity index is 731. The molecule has 1 aliphatic heterocycles. The molecule has 1 aromatic carbocycles. The van der Waals surface area contributed by atoms with E-state index < -0.39 is 0 Å². The molecule has 0 aliphatic carbocycles. The van der Waals surface area contributed by atoms with Crippen molar-refractivity contribution in [2.75, 3.05) is 13.2 Å². The molecule has 6 nitrogen and oxygen atoms in total. The summed E-state index contributed by atoms with van der Waals surface area (Å²) in [5.74, 6) is 0.920. The third-order valence-corrected chi connectivity index (χ3v) is 4.20. The van der Waals surface area contributed by atoms with Crippen molar-refractivity contribution >= 4 is 5.91 Å². The molecular weight excluding hydrogens is 311 g/mol. The highest BCUT2D eigenvalue weighted by atomic mass is 19.1. The van der Waals surface area contributed by atoms with Crippen LogP contribution in [0.2, 0.25) is 0 Å². The Morgan fingerprint density at radius 2 is 2.29 bits per heavy atom. The maximum atomic E-state index is 13.7. The van der Waals surface area contributed by atoms with E-state index in [1.807, 2.05) is 13.8 Å². The zero-order chi connectivity index (χ0) is 17.1. The Kier molecular flexibility index (Phi) is 4.89. The van der Waals surface area contributed by atoms with Gasteiger partial charge in [-0.25, -0.2) is 9.37 Å². The molecule has 1 saturated heterocycles. The van der Waals surface area contributed by atoms with E-state index in [9.17, 15) is 9.18 Å². The Labute approximate surface area is 139 Å². The molecule has 0 radical (unpaired) electrons. The average Bonchev–Trinajstić information content (AvgIpc) is 3.17. The van der Waals surface area contributed by atoms with Gasteiger partial charge in [-0.15, -0.1) is 0 Å². The van der Waals surface area contributed by atoms with Gasteiger partial charge in [-0.3, -0.25) is 9.89 Å². The van der Waals surface area contributed by atoms with Gasteiger partial charge in [0.15, 0.2) is 5.82 Å². The van der Waals surface area contributed by atoms with Crippen LogP contribution in [0.5, 0.6) is 0 Å². The number of hydrogen-bond donors (Lipinski definition) is 2. The number of aryl methyl sites for hydroxylation is 2. The fourth-order valence-corrected chi connectivity index (χ4v) is 2.93. The van der Waals surface area contributed by atoms with E-state index in [1.54, 1.807) is 12.1 Å². The van der Waals surface area contributed by atoms with Crippen LogP contribution >= 0.6 is 0 Å². The zero-order valence-corrected chi connectivity index (χ0v) is 13.8. The van der Waals surface area contributed by atoms with Crippen LogP contribution in [0.3, 0.4) is 0 Å². The van der Waals surface area contributed by atoms with Gasteiger partial charge in [0.25, 0.3) is 0 Å². The second kappa shape index (κ2) is 7.09. The number of aromatic amines is 1. The van der Waals surface area contributed by atoms with Crippen LogP contribution in [-0.2, 0) is 16.0 Å². The van der Waals surface area contributed by atoms with Crippen LogP contribution in [0.4, 0.5) is 4.39 Å². The van der Waals surface area contributed by atoms with Crippen molar-refractivity contribution in [1.29, 1.82) is 0 Å². The first kappa shape index (κ1) is 16.6. The van der Waals surface area contributed by atoms with Gasteiger partial charge in [-0.1, -0.05) is 17.7 Å². The molecule has 1 aromatic heterocycles. The van der Waals surface area contributed by atoms with Gasteiger partial charge in [-0.2, -0.15) is 5.10 Å². The SMILES string of the molecule is Cc1ccc(F)c(CC(=O)NC[C@@H]2CCO[C@@H]2c2n[nH]c(C)n2)c1. The van der Waals surface area contributed by atoms with Crippen LogP contribution in [0, 0.1) is 25.6 Å². The molecule has 0 unspecified atom stereocenters. The van der Waals surface area contributed by atoms with Crippen LogP contribution in [0.15, 0.2) is 18.2 Å². The first-order valence-corrected chi connectivity index (χ1v) is 8.05. The summed E-state index contributed by atoms with van der Waals surface area (Å²) >= 11 is 0. The number of ether oxygens (including phenoxy) is 1. The second-order valence-electron chi connectivity index (χ2n) is 6.19. The van der Waals surface area contributed by atoms with E-state index in [-0.39, 0.29) is 30.2 Å². The first-order chi connectivity index (χ1) is 11.5. The lowest BCUT2D eigenvalue weighted by molar-refractivity contribution is -0.120. The number of hydrogen-bond acceptors (Lipinski definition) is 4. The molecule has 3 rings (SSSR count). The monoisotopic (exact) mass is 332 g/mol. The first-order valence-electron chi connectivity index (χ1n) is 8.05. The molecule has 1 amide bonds. The number of nitrogens with zero attached hydrogens (tertiary/aromatic N) is 2. The summed E-state index contributed by atoms with van der Waals surface area (Å²) in [6.07, 6.45) is 0.647. The Balaban J connectivity index is 1.56. The van der Waals surface area contributed by atoms with Crippen LogP contribution < -0.4 is 5.32 Å². The number of nitrogens with one attached hydrogen (secondary N) is 2. The molecule has 0 spiro atoms. The van der Waals surface area contributed by atoms with Gasteiger partial charge in [0.05, 0.1) is 6.42 Å². The van der Waals surface area contributed by atoms with Gasteiger partial charge in [0.2, 0.25) is 5.91 Å². The number of aromatic nitrogens is 3. The van der Waals surface area contributed by atoms with E-state index in [0.717, 1.165) is 17.8 Å². The molecule has 0 bridgehead atoms. The lowest BCUT2D eigenvalue weighted by Gasteiger charge is -2.16. The normalized spacial score (nSPS) is 20.3. The average molecular weight is 332 g/mol. The predicted octanol–water partition coefficient (Wildman–Crippen LogP) is 2.00. The minimum atomic E-state index is -0.353. The minimum Gasteiger partial charge on any atom is -0.370 e. The van der Waals surface area contributed by atoms with Crippen LogP contribution in [0.25, 0.3) is 0 Å². The standard InChI is InChI=1S/C17H21FN4O2/c1-10-3-4-14(18)13(7-10)8-15(23)19-9-12-5-6-24-16(12)17-20-11(2)21-22-17/h3-4,7,12,16H,5-6,8-9H2,1-2H3,(H,19,23)(H,20,21,22)/t12-,16-/m0/s1. The summed E-state index contributed by atoms with van der Waals surface area (Å²) in [6.45, 7) is 4.79. The van der Waals surface area contributed by atoms with Crippen molar-refractivity contribution in [3.8, 4) is 0 Å². The fraction of sp³-hybridized carbons (Fsp3) is 0.471.